The molecular weight excluding hydrogens is 417 g/mol. The van der Waals surface area contributed by atoms with Gasteiger partial charge in [0.15, 0.2) is 5.15 Å². The van der Waals surface area contributed by atoms with Crippen molar-refractivity contribution < 1.29 is 0 Å². The van der Waals surface area contributed by atoms with Crippen LogP contribution in [0.3, 0.4) is 0 Å². The van der Waals surface area contributed by atoms with Crippen LogP contribution in [0.15, 0.2) is 27.3 Å². The molecular formula is C12H9Br2Cl2N3. The lowest BCUT2D eigenvalue weighted by Crippen LogP contribution is -2.05. The molecule has 0 spiro atoms. The molecule has 0 aliphatic heterocycles. The highest BCUT2D eigenvalue weighted by molar-refractivity contribution is 9.11. The summed E-state index contributed by atoms with van der Waals surface area (Å²) in [4.78, 5) is 8.34. The molecule has 1 N–H and O–H groups in total. The van der Waals surface area contributed by atoms with Crippen molar-refractivity contribution in [1.29, 1.82) is 0 Å². The summed E-state index contributed by atoms with van der Waals surface area (Å²) in [5.74, 6) is 0. The van der Waals surface area contributed by atoms with Crippen LogP contribution in [0.5, 0.6) is 0 Å². The van der Waals surface area contributed by atoms with Crippen LogP contribution in [0.1, 0.15) is 11.3 Å². The van der Waals surface area contributed by atoms with Gasteiger partial charge in [-0.15, -0.1) is 0 Å². The van der Waals surface area contributed by atoms with Gasteiger partial charge in [0.05, 0.1) is 17.9 Å². The van der Waals surface area contributed by atoms with Crippen LogP contribution in [-0.4, -0.2) is 9.97 Å². The molecule has 0 aromatic carbocycles. The van der Waals surface area contributed by atoms with E-state index in [-0.39, 0.29) is 0 Å². The lowest BCUT2D eigenvalue weighted by atomic mass is 10.2. The number of aryl methyl sites for hydroxylation is 1. The van der Waals surface area contributed by atoms with Gasteiger partial charge >= 0.3 is 0 Å². The lowest BCUT2D eigenvalue weighted by Gasteiger charge is -2.11. The monoisotopic (exact) mass is 423 g/mol. The van der Waals surface area contributed by atoms with E-state index in [0.29, 0.717) is 16.9 Å². The minimum absolute atomic E-state index is 0.359. The maximum atomic E-state index is 6.07. The summed E-state index contributed by atoms with van der Waals surface area (Å²) in [6, 6.07) is 3.71. The zero-order chi connectivity index (χ0) is 14.0. The SMILES string of the molecule is Cc1cc(Cl)nc(Cl)c1NCc1ncc(Br)cc1Br. The molecule has 3 nitrogen and oxygen atoms in total. The van der Waals surface area contributed by atoms with Gasteiger partial charge in [-0.3, -0.25) is 4.98 Å². The molecule has 0 amide bonds. The van der Waals surface area contributed by atoms with Crippen LogP contribution >= 0.6 is 55.1 Å². The molecule has 19 heavy (non-hydrogen) atoms. The first kappa shape index (κ1) is 15.0. The van der Waals surface area contributed by atoms with Crippen molar-refractivity contribution in [1.82, 2.24) is 9.97 Å². The molecule has 0 fully saturated rings. The normalized spacial score (nSPS) is 10.6. The Labute approximate surface area is 138 Å². The molecule has 0 radical (unpaired) electrons. The number of aromatic nitrogens is 2. The second-order valence-corrected chi connectivity index (χ2v) is 6.38. The molecule has 0 unspecified atom stereocenters. The van der Waals surface area contributed by atoms with Crippen molar-refractivity contribution in [3.8, 4) is 0 Å². The first-order valence-electron chi connectivity index (χ1n) is 5.34. The summed E-state index contributed by atoms with van der Waals surface area (Å²) in [6.45, 7) is 2.46. The molecule has 100 valence electrons. The summed E-state index contributed by atoms with van der Waals surface area (Å²) >= 11 is 18.7. The first-order valence-corrected chi connectivity index (χ1v) is 7.68. The van der Waals surface area contributed by atoms with Crippen LogP contribution in [0.25, 0.3) is 0 Å². The third-order valence-electron chi connectivity index (χ3n) is 2.46. The summed E-state index contributed by atoms with van der Waals surface area (Å²) in [7, 11) is 0. The van der Waals surface area contributed by atoms with Crippen molar-refractivity contribution in [2.24, 2.45) is 0 Å². The number of pyridine rings is 2. The maximum Gasteiger partial charge on any atom is 0.154 e. The molecule has 0 saturated heterocycles. The van der Waals surface area contributed by atoms with E-state index < -0.39 is 0 Å². The maximum absolute atomic E-state index is 6.07. The number of anilines is 1. The molecule has 2 aromatic rings. The van der Waals surface area contributed by atoms with E-state index in [4.69, 9.17) is 23.2 Å². The van der Waals surface area contributed by atoms with E-state index >= 15 is 0 Å². The van der Waals surface area contributed by atoms with Gasteiger partial charge in [-0.05, 0) is 56.5 Å². The minimum Gasteiger partial charge on any atom is -0.377 e. The third kappa shape index (κ3) is 3.81. The Morgan fingerprint density at radius 3 is 2.63 bits per heavy atom. The number of hydrogen-bond acceptors (Lipinski definition) is 3. The highest BCUT2D eigenvalue weighted by atomic mass is 79.9. The Bertz CT molecular complexity index is 597. The standard InChI is InChI=1S/C12H9Br2Cl2N3/c1-6-2-10(15)19-12(16)11(6)18-5-9-8(14)3-7(13)4-17-9/h2-4,18H,5H2,1H3. The molecule has 0 atom stereocenters. The lowest BCUT2D eigenvalue weighted by molar-refractivity contribution is 1.02. The smallest absolute Gasteiger partial charge is 0.154 e. The van der Waals surface area contributed by atoms with Gasteiger partial charge in [0.25, 0.3) is 0 Å². The second kappa shape index (κ2) is 6.39. The number of halogens is 4. The highest BCUT2D eigenvalue weighted by Gasteiger charge is 2.09. The summed E-state index contributed by atoms with van der Waals surface area (Å²) in [5.41, 5.74) is 2.59. The van der Waals surface area contributed by atoms with Crippen LogP contribution in [0.4, 0.5) is 5.69 Å². The fourth-order valence-electron chi connectivity index (χ4n) is 1.55. The molecule has 2 aromatic heterocycles. The summed E-state index contributed by atoms with van der Waals surface area (Å²) < 4.78 is 1.84. The van der Waals surface area contributed by atoms with Crippen molar-refractivity contribution in [3.05, 3.63) is 48.8 Å². The van der Waals surface area contributed by atoms with E-state index in [1.165, 1.54) is 0 Å². The number of hydrogen-bond donors (Lipinski definition) is 1. The first-order chi connectivity index (χ1) is 8.97. The second-order valence-electron chi connectivity index (χ2n) is 3.86. The fraction of sp³-hybridized carbons (Fsp3) is 0.167. The van der Waals surface area contributed by atoms with Gasteiger partial charge in [-0.1, -0.05) is 23.2 Å². The van der Waals surface area contributed by atoms with Crippen LogP contribution in [-0.2, 0) is 6.54 Å². The Morgan fingerprint density at radius 1 is 1.26 bits per heavy atom. The predicted octanol–water partition coefficient (Wildman–Crippen LogP) is 5.23. The molecule has 0 saturated carbocycles. The fourth-order valence-corrected chi connectivity index (χ4v) is 3.28. The predicted molar refractivity (Wildman–Crippen MR) is 86.0 cm³/mol. The summed E-state index contributed by atoms with van der Waals surface area (Å²) in [6.07, 6.45) is 1.75. The molecule has 2 heterocycles. The van der Waals surface area contributed by atoms with Crippen molar-refractivity contribution >= 4 is 60.7 Å². The Morgan fingerprint density at radius 2 is 2.00 bits per heavy atom. The number of nitrogens with one attached hydrogen (secondary N) is 1. The van der Waals surface area contributed by atoms with Gasteiger partial charge in [-0.25, -0.2) is 4.98 Å². The molecule has 0 bridgehead atoms. The number of nitrogens with zero attached hydrogens (tertiary/aromatic N) is 2. The molecule has 0 aliphatic carbocycles. The zero-order valence-corrected chi connectivity index (χ0v) is 14.5. The molecule has 2 rings (SSSR count). The van der Waals surface area contributed by atoms with Gasteiger partial charge in [0.2, 0.25) is 0 Å². The van der Waals surface area contributed by atoms with E-state index in [0.717, 1.165) is 25.9 Å². The average molecular weight is 426 g/mol. The minimum atomic E-state index is 0.359. The van der Waals surface area contributed by atoms with Crippen LogP contribution < -0.4 is 5.32 Å². The van der Waals surface area contributed by atoms with Crippen molar-refractivity contribution in [3.63, 3.8) is 0 Å². The highest BCUT2D eigenvalue weighted by Crippen LogP contribution is 2.27. The van der Waals surface area contributed by atoms with Crippen LogP contribution in [0, 0.1) is 6.92 Å². The zero-order valence-electron chi connectivity index (χ0n) is 9.85. The van der Waals surface area contributed by atoms with E-state index in [1.807, 2.05) is 13.0 Å². The Kier molecular flexibility index (Phi) is 5.06. The van der Waals surface area contributed by atoms with Gasteiger partial charge < -0.3 is 5.32 Å². The van der Waals surface area contributed by atoms with E-state index in [9.17, 15) is 0 Å². The summed E-state index contributed by atoms with van der Waals surface area (Å²) in [5, 5.41) is 3.97. The third-order valence-corrected chi connectivity index (χ3v) is 4.05. The number of rotatable bonds is 3. The van der Waals surface area contributed by atoms with Gasteiger partial charge in [0.1, 0.15) is 5.15 Å². The topological polar surface area (TPSA) is 37.8 Å². The molecule has 7 heteroatoms. The van der Waals surface area contributed by atoms with Gasteiger partial charge in [0, 0.05) is 15.1 Å². The van der Waals surface area contributed by atoms with Crippen molar-refractivity contribution in [2.75, 3.05) is 5.32 Å². The Hall–Kier alpha value is -0.360. The average Bonchev–Trinajstić information content (AvgIpc) is 2.30. The van der Waals surface area contributed by atoms with E-state index in [1.54, 1.807) is 12.3 Å². The van der Waals surface area contributed by atoms with Crippen LogP contribution in [0.2, 0.25) is 10.3 Å². The Balaban J connectivity index is 2.19. The molecule has 0 aliphatic rings. The quantitative estimate of drug-likeness (QED) is 0.684. The van der Waals surface area contributed by atoms with Crippen molar-refractivity contribution in [2.45, 2.75) is 13.5 Å². The van der Waals surface area contributed by atoms with Gasteiger partial charge in [-0.2, -0.15) is 0 Å². The largest absolute Gasteiger partial charge is 0.377 e. The van der Waals surface area contributed by atoms with E-state index in [2.05, 4.69) is 47.1 Å².